The number of nitrogens with zero attached hydrogens (tertiary/aromatic N) is 3. The largest absolute Gasteiger partial charge is 0.378 e. The molecule has 7 heteroatoms. The van der Waals surface area contributed by atoms with E-state index < -0.39 is 0 Å². The van der Waals surface area contributed by atoms with Crippen LogP contribution in [0.15, 0.2) is 12.1 Å². The molecule has 0 radical (unpaired) electrons. The molecule has 0 spiro atoms. The van der Waals surface area contributed by atoms with Crippen molar-refractivity contribution < 1.29 is 9.53 Å². The van der Waals surface area contributed by atoms with E-state index in [9.17, 15) is 4.79 Å². The molecular weight excluding hydrogens is 306 g/mol. The SMILES string of the molecule is Cc1cc(C)n(Cc2cc(C(=O)NCC[C@@H]3CCCCO3)n[nH]2)n1. The first-order valence-corrected chi connectivity index (χ1v) is 8.57. The molecule has 0 unspecified atom stereocenters. The smallest absolute Gasteiger partial charge is 0.271 e. The Balaban J connectivity index is 1.49. The van der Waals surface area contributed by atoms with Crippen LogP contribution in [0.1, 0.15) is 53.3 Å². The van der Waals surface area contributed by atoms with Gasteiger partial charge in [0.1, 0.15) is 5.69 Å². The zero-order chi connectivity index (χ0) is 16.9. The molecule has 2 aromatic rings. The van der Waals surface area contributed by atoms with Gasteiger partial charge in [-0.15, -0.1) is 0 Å². The molecule has 3 heterocycles. The number of ether oxygens (including phenoxy) is 1. The van der Waals surface area contributed by atoms with Crippen LogP contribution in [-0.2, 0) is 11.3 Å². The van der Waals surface area contributed by atoms with Crippen LogP contribution in [-0.4, -0.2) is 45.1 Å². The minimum absolute atomic E-state index is 0.151. The molecule has 24 heavy (non-hydrogen) atoms. The Morgan fingerprint density at radius 1 is 1.42 bits per heavy atom. The second-order valence-corrected chi connectivity index (χ2v) is 6.40. The molecule has 0 aliphatic carbocycles. The number of carbonyl (C=O) groups excluding carboxylic acids is 1. The average molecular weight is 331 g/mol. The first kappa shape index (κ1) is 16.7. The molecule has 0 aromatic carbocycles. The Morgan fingerprint density at radius 2 is 2.29 bits per heavy atom. The van der Waals surface area contributed by atoms with Crippen LogP contribution >= 0.6 is 0 Å². The lowest BCUT2D eigenvalue weighted by molar-refractivity contribution is 0.0117. The lowest BCUT2D eigenvalue weighted by Gasteiger charge is -2.22. The second-order valence-electron chi connectivity index (χ2n) is 6.40. The van der Waals surface area contributed by atoms with Gasteiger partial charge in [-0.05, 0) is 51.7 Å². The van der Waals surface area contributed by atoms with Gasteiger partial charge in [-0.2, -0.15) is 10.2 Å². The number of aryl methyl sites for hydroxylation is 2. The summed E-state index contributed by atoms with van der Waals surface area (Å²) >= 11 is 0. The number of amides is 1. The molecule has 1 aliphatic heterocycles. The first-order valence-electron chi connectivity index (χ1n) is 8.57. The summed E-state index contributed by atoms with van der Waals surface area (Å²) in [7, 11) is 0. The van der Waals surface area contributed by atoms with Gasteiger partial charge in [-0.25, -0.2) is 0 Å². The fourth-order valence-electron chi connectivity index (χ4n) is 3.03. The van der Waals surface area contributed by atoms with E-state index in [1.165, 1.54) is 6.42 Å². The number of hydrogen-bond acceptors (Lipinski definition) is 4. The van der Waals surface area contributed by atoms with Crippen molar-refractivity contribution in [3.8, 4) is 0 Å². The van der Waals surface area contributed by atoms with Crippen LogP contribution in [0.5, 0.6) is 0 Å². The number of hydrogen-bond donors (Lipinski definition) is 2. The fourth-order valence-corrected chi connectivity index (χ4v) is 3.03. The molecule has 0 saturated carbocycles. The van der Waals surface area contributed by atoms with E-state index in [0.29, 0.717) is 18.8 Å². The zero-order valence-electron chi connectivity index (χ0n) is 14.3. The molecule has 1 amide bonds. The highest BCUT2D eigenvalue weighted by atomic mass is 16.5. The topological polar surface area (TPSA) is 84.8 Å². The van der Waals surface area contributed by atoms with Gasteiger partial charge in [0, 0.05) is 18.8 Å². The van der Waals surface area contributed by atoms with Gasteiger partial charge in [0.15, 0.2) is 0 Å². The van der Waals surface area contributed by atoms with E-state index in [0.717, 1.165) is 43.0 Å². The Morgan fingerprint density at radius 3 is 3.00 bits per heavy atom. The molecule has 0 bridgehead atoms. The maximum atomic E-state index is 12.2. The Hall–Kier alpha value is -2.15. The minimum Gasteiger partial charge on any atom is -0.378 e. The van der Waals surface area contributed by atoms with Gasteiger partial charge >= 0.3 is 0 Å². The Kier molecular flexibility index (Phi) is 5.30. The number of rotatable bonds is 6. The first-order chi connectivity index (χ1) is 11.6. The molecule has 2 aromatic heterocycles. The van der Waals surface area contributed by atoms with Gasteiger partial charge in [-0.1, -0.05) is 0 Å². The molecule has 1 aliphatic rings. The third kappa shape index (κ3) is 4.23. The van der Waals surface area contributed by atoms with E-state index in [2.05, 4.69) is 20.6 Å². The predicted octanol–water partition coefficient (Wildman–Crippen LogP) is 1.96. The van der Waals surface area contributed by atoms with Crippen molar-refractivity contribution in [2.75, 3.05) is 13.2 Å². The van der Waals surface area contributed by atoms with Crippen LogP contribution in [0, 0.1) is 13.8 Å². The van der Waals surface area contributed by atoms with Crippen LogP contribution in [0.3, 0.4) is 0 Å². The molecule has 2 N–H and O–H groups in total. The molecule has 1 atom stereocenters. The predicted molar refractivity (Wildman–Crippen MR) is 89.9 cm³/mol. The summed E-state index contributed by atoms with van der Waals surface area (Å²) in [6.45, 7) is 6.01. The van der Waals surface area contributed by atoms with Crippen LogP contribution < -0.4 is 5.32 Å². The van der Waals surface area contributed by atoms with Crippen molar-refractivity contribution in [1.82, 2.24) is 25.3 Å². The molecule has 7 nitrogen and oxygen atoms in total. The van der Waals surface area contributed by atoms with Gasteiger partial charge in [0.05, 0.1) is 24.0 Å². The number of aromatic nitrogens is 4. The maximum Gasteiger partial charge on any atom is 0.271 e. The van der Waals surface area contributed by atoms with Crippen molar-refractivity contribution in [1.29, 1.82) is 0 Å². The van der Waals surface area contributed by atoms with Gasteiger partial charge in [0.2, 0.25) is 0 Å². The van der Waals surface area contributed by atoms with E-state index in [1.807, 2.05) is 24.6 Å². The summed E-state index contributed by atoms with van der Waals surface area (Å²) in [5.74, 6) is -0.151. The fraction of sp³-hybridized carbons (Fsp3) is 0.588. The summed E-state index contributed by atoms with van der Waals surface area (Å²) in [6, 6.07) is 3.81. The lowest BCUT2D eigenvalue weighted by Crippen LogP contribution is -2.29. The molecular formula is C17H25N5O2. The molecule has 1 saturated heterocycles. The van der Waals surface area contributed by atoms with E-state index >= 15 is 0 Å². The third-order valence-electron chi connectivity index (χ3n) is 4.31. The quantitative estimate of drug-likeness (QED) is 0.847. The van der Waals surface area contributed by atoms with Gasteiger partial charge in [-0.3, -0.25) is 14.6 Å². The molecule has 130 valence electrons. The van der Waals surface area contributed by atoms with Crippen LogP contribution in [0.25, 0.3) is 0 Å². The summed E-state index contributed by atoms with van der Waals surface area (Å²) < 4.78 is 7.56. The van der Waals surface area contributed by atoms with Crippen molar-refractivity contribution in [3.05, 3.63) is 34.9 Å². The third-order valence-corrected chi connectivity index (χ3v) is 4.31. The normalized spacial score (nSPS) is 17.8. The number of nitrogens with one attached hydrogen (secondary N) is 2. The summed E-state index contributed by atoms with van der Waals surface area (Å²) in [5, 5.41) is 14.4. The van der Waals surface area contributed by atoms with Crippen molar-refractivity contribution in [3.63, 3.8) is 0 Å². The standard InChI is InChI=1S/C17H25N5O2/c1-12-9-13(2)22(21-12)11-14-10-16(20-19-14)17(23)18-7-6-15-5-3-4-8-24-15/h9-10,15H,3-8,11H2,1-2H3,(H,18,23)(H,19,20)/t15-/m0/s1. The van der Waals surface area contributed by atoms with Crippen LogP contribution in [0.4, 0.5) is 0 Å². The summed E-state index contributed by atoms with van der Waals surface area (Å²) in [5.41, 5.74) is 3.34. The van der Waals surface area contributed by atoms with E-state index in [4.69, 9.17) is 4.74 Å². The van der Waals surface area contributed by atoms with E-state index in [-0.39, 0.29) is 12.0 Å². The number of H-pyrrole nitrogens is 1. The van der Waals surface area contributed by atoms with Crippen molar-refractivity contribution in [2.24, 2.45) is 0 Å². The van der Waals surface area contributed by atoms with Gasteiger partial charge < -0.3 is 10.1 Å². The van der Waals surface area contributed by atoms with Crippen molar-refractivity contribution in [2.45, 2.75) is 52.2 Å². The highest BCUT2D eigenvalue weighted by molar-refractivity contribution is 5.92. The maximum absolute atomic E-state index is 12.2. The van der Waals surface area contributed by atoms with Gasteiger partial charge in [0.25, 0.3) is 5.91 Å². The average Bonchev–Trinajstić information content (AvgIpc) is 3.15. The summed E-state index contributed by atoms with van der Waals surface area (Å²) in [6.07, 6.45) is 4.58. The van der Waals surface area contributed by atoms with E-state index in [1.54, 1.807) is 6.07 Å². The lowest BCUT2D eigenvalue weighted by atomic mass is 10.1. The second kappa shape index (κ2) is 7.61. The Labute approximate surface area is 141 Å². The highest BCUT2D eigenvalue weighted by Gasteiger charge is 2.15. The minimum atomic E-state index is -0.151. The van der Waals surface area contributed by atoms with Crippen molar-refractivity contribution >= 4 is 5.91 Å². The highest BCUT2D eigenvalue weighted by Crippen LogP contribution is 2.15. The monoisotopic (exact) mass is 331 g/mol. The number of carbonyl (C=O) groups is 1. The molecule has 3 rings (SSSR count). The number of aromatic amines is 1. The zero-order valence-corrected chi connectivity index (χ0v) is 14.3. The molecule has 1 fully saturated rings. The summed E-state index contributed by atoms with van der Waals surface area (Å²) in [4.78, 5) is 12.2. The van der Waals surface area contributed by atoms with Crippen LogP contribution in [0.2, 0.25) is 0 Å². The Bertz CT molecular complexity index is 685.